The molecule has 2 N–H and O–H groups in total. The van der Waals surface area contributed by atoms with Crippen molar-refractivity contribution in [1.29, 1.82) is 0 Å². The van der Waals surface area contributed by atoms with Crippen LogP contribution in [0.15, 0.2) is 30.5 Å². The normalized spacial score (nSPS) is 12.5. The van der Waals surface area contributed by atoms with E-state index < -0.39 is 0 Å². The molecule has 0 saturated carbocycles. The summed E-state index contributed by atoms with van der Waals surface area (Å²) in [4.78, 5) is 12.2. The van der Waals surface area contributed by atoms with Gasteiger partial charge in [0.05, 0.1) is 0 Å². The average molecular weight is 287 g/mol. The second kappa shape index (κ2) is 7.27. The van der Waals surface area contributed by atoms with Crippen LogP contribution in [0.1, 0.15) is 32.3 Å². The first-order valence-electron chi connectivity index (χ1n) is 7.66. The monoisotopic (exact) mass is 287 g/mol. The van der Waals surface area contributed by atoms with Gasteiger partial charge in [0, 0.05) is 29.7 Å². The first-order valence-corrected chi connectivity index (χ1v) is 7.66. The zero-order chi connectivity index (χ0) is 15.2. The molecule has 0 spiro atoms. The minimum atomic E-state index is 0.0766. The lowest BCUT2D eigenvalue weighted by Gasteiger charge is -2.13. The number of rotatable bonds is 7. The van der Waals surface area contributed by atoms with E-state index in [0.717, 1.165) is 24.9 Å². The Hall–Kier alpha value is -1.81. The Bertz CT molecular complexity index is 603. The van der Waals surface area contributed by atoms with E-state index in [1.54, 1.807) is 0 Å². The van der Waals surface area contributed by atoms with Gasteiger partial charge in [0.1, 0.15) is 6.54 Å². The standard InChI is InChI=1S/C17H25N3O/c1-4-7-13(2)19-17(21)12-20-11-14(10-18-3)15-8-5-6-9-16(15)20/h5-6,8-9,11,13,18H,4,7,10,12H2,1-3H3,(H,19,21). The van der Waals surface area contributed by atoms with Crippen molar-refractivity contribution >= 4 is 16.8 Å². The van der Waals surface area contributed by atoms with Crippen LogP contribution in [-0.2, 0) is 17.9 Å². The van der Waals surface area contributed by atoms with Crippen LogP contribution in [0.2, 0.25) is 0 Å². The molecule has 1 aromatic carbocycles. The number of carbonyl (C=O) groups excluding carboxylic acids is 1. The third kappa shape index (κ3) is 3.85. The van der Waals surface area contributed by atoms with Gasteiger partial charge in [-0.2, -0.15) is 0 Å². The smallest absolute Gasteiger partial charge is 0.240 e. The molecule has 1 unspecified atom stereocenters. The zero-order valence-electron chi connectivity index (χ0n) is 13.1. The molecule has 1 amide bonds. The van der Waals surface area contributed by atoms with Gasteiger partial charge >= 0.3 is 0 Å². The Kier molecular flexibility index (Phi) is 5.39. The molecule has 114 valence electrons. The van der Waals surface area contributed by atoms with Crippen molar-refractivity contribution in [3.05, 3.63) is 36.0 Å². The van der Waals surface area contributed by atoms with E-state index in [4.69, 9.17) is 0 Å². The number of nitrogens with one attached hydrogen (secondary N) is 2. The van der Waals surface area contributed by atoms with Crippen molar-refractivity contribution < 1.29 is 4.79 Å². The van der Waals surface area contributed by atoms with E-state index in [0.29, 0.717) is 6.54 Å². The van der Waals surface area contributed by atoms with Gasteiger partial charge in [0.2, 0.25) is 5.91 Å². The SMILES string of the molecule is CCCC(C)NC(=O)Cn1cc(CNC)c2ccccc21. The third-order valence-corrected chi connectivity index (χ3v) is 3.68. The van der Waals surface area contributed by atoms with Gasteiger partial charge in [-0.3, -0.25) is 4.79 Å². The minimum Gasteiger partial charge on any atom is -0.352 e. The molecule has 1 aromatic heterocycles. The van der Waals surface area contributed by atoms with Gasteiger partial charge in [0.25, 0.3) is 0 Å². The van der Waals surface area contributed by atoms with E-state index >= 15 is 0 Å². The Morgan fingerprint density at radius 2 is 2.10 bits per heavy atom. The quantitative estimate of drug-likeness (QED) is 0.822. The molecule has 1 atom stereocenters. The first-order chi connectivity index (χ1) is 10.2. The maximum absolute atomic E-state index is 12.2. The van der Waals surface area contributed by atoms with Gasteiger partial charge in [0.15, 0.2) is 0 Å². The fourth-order valence-corrected chi connectivity index (χ4v) is 2.77. The maximum Gasteiger partial charge on any atom is 0.240 e. The van der Waals surface area contributed by atoms with Crippen molar-refractivity contribution in [1.82, 2.24) is 15.2 Å². The Morgan fingerprint density at radius 1 is 1.33 bits per heavy atom. The van der Waals surface area contributed by atoms with Gasteiger partial charge in [-0.25, -0.2) is 0 Å². The van der Waals surface area contributed by atoms with Crippen molar-refractivity contribution in [3.8, 4) is 0 Å². The van der Waals surface area contributed by atoms with E-state index in [-0.39, 0.29) is 11.9 Å². The first kappa shape index (κ1) is 15.6. The second-order valence-corrected chi connectivity index (χ2v) is 5.59. The van der Waals surface area contributed by atoms with Gasteiger partial charge in [-0.15, -0.1) is 0 Å². The number of hydrogen-bond acceptors (Lipinski definition) is 2. The van der Waals surface area contributed by atoms with Gasteiger partial charge in [-0.1, -0.05) is 31.5 Å². The molecule has 0 aliphatic carbocycles. The van der Waals surface area contributed by atoms with Crippen LogP contribution in [0.3, 0.4) is 0 Å². The molecule has 0 bridgehead atoms. The van der Waals surface area contributed by atoms with E-state index in [1.807, 2.05) is 23.7 Å². The van der Waals surface area contributed by atoms with E-state index in [2.05, 4.69) is 42.8 Å². The highest BCUT2D eigenvalue weighted by molar-refractivity contribution is 5.86. The van der Waals surface area contributed by atoms with Crippen molar-refractivity contribution in [2.75, 3.05) is 7.05 Å². The third-order valence-electron chi connectivity index (χ3n) is 3.68. The van der Waals surface area contributed by atoms with Crippen LogP contribution >= 0.6 is 0 Å². The maximum atomic E-state index is 12.2. The molecule has 21 heavy (non-hydrogen) atoms. The number of aromatic nitrogens is 1. The summed E-state index contributed by atoms with van der Waals surface area (Å²) in [6.07, 6.45) is 4.18. The topological polar surface area (TPSA) is 46.1 Å². The summed E-state index contributed by atoms with van der Waals surface area (Å²) in [6, 6.07) is 8.46. The highest BCUT2D eigenvalue weighted by Crippen LogP contribution is 2.21. The van der Waals surface area contributed by atoms with Crippen LogP contribution < -0.4 is 10.6 Å². The molecule has 0 aliphatic rings. The van der Waals surface area contributed by atoms with E-state index in [1.165, 1.54) is 10.9 Å². The Balaban J connectivity index is 2.16. The van der Waals surface area contributed by atoms with Crippen LogP contribution in [0, 0.1) is 0 Å². The number of para-hydroxylation sites is 1. The summed E-state index contributed by atoms with van der Waals surface area (Å²) in [7, 11) is 1.94. The predicted octanol–water partition coefficient (Wildman–Crippen LogP) is 2.67. The summed E-state index contributed by atoms with van der Waals surface area (Å²) >= 11 is 0. The number of nitrogens with zero attached hydrogens (tertiary/aromatic N) is 1. The molecule has 0 radical (unpaired) electrons. The summed E-state index contributed by atoms with van der Waals surface area (Å²) in [5.74, 6) is 0.0766. The molecule has 2 aromatic rings. The van der Waals surface area contributed by atoms with Gasteiger partial charge < -0.3 is 15.2 Å². The number of fused-ring (bicyclic) bond motifs is 1. The fourth-order valence-electron chi connectivity index (χ4n) is 2.77. The highest BCUT2D eigenvalue weighted by atomic mass is 16.2. The van der Waals surface area contributed by atoms with E-state index in [9.17, 15) is 4.79 Å². The number of carbonyl (C=O) groups is 1. The number of amides is 1. The van der Waals surface area contributed by atoms with Crippen molar-refractivity contribution in [3.63, 3.8) is 0 Å². The molecular formula is C17H25N3O. The van der Waals surface area contributed by atoms with Crippen LogP contribution in [0.25, 0.3) is 10.9 Å². The lowest BCUT2D eigenvalue weighted by atomic mass is 10.2. The Labute approximate surface area is 126 Å². The zero-order valence-corrected chi connectivity index (χ0v) is 13.1. The molecule has 0 saturated heterocycles. The minimum absolute atomic E-state index is 0.0766. The summed E-state index contributed by atoms with van der Waals surface area (Å²) < 4.78 is 2.04. The number of benzene rings is 1. The van der Waals surface area contributed by atoms with Gasteiger partial charge in [-0.05, 0) is 32.0 Å². The predicted molar refractivity (Wildman–Crippen MR) is 87.2 cm³/mol. The fraction of sp³-hybridized carbons (Fsp3) is 0.471. The molecule has 4 heteroatoms. The highest BCUT2D eigenvalue weighted by Gasteiger charge is 2.11. The van der Waals surface area contributed by atoms with Crippen LogP contribution in [0.5, 0.6) is 0 Å². The molecule has 4 nitrogen and oxygen atoms in total. The second-order valence-electron chi connectivity index (χ2n) is 5.59. The molecule has 0 fully saturated rings. The largest absolute Gasteiger partial charge is 0.352 e. The Morgan fingerprint density at radius 3 is 2.81 bits per heavy atom. The molecule has 0 aliphatic heterocycles. The lowest BCUT2D eigenvalue weighted by Crippen LogP contribution is -2.34. The summed E-state index contributed by atoms with van der Waals surface area (Å²) in [5.41, 5.74) is 2.34. The molecular weight excluding hydrogens is 262 g/mol. The van der Waals surface area contributed by atoms with Crippen LogP contribution in [-0.4, -0.2) is 23.6 Å². The molecule has 2 rings (SSSR count). The summed E-state index contributed by atoms with van der Waals surface area (Å²) in [5, 5.41) is 7.45. The average Bonchev–Trinajstić information content (AvgIpc) is 2.78. The lowest BCUT2D eigenvalue weighted by molar-refractivity contribution is -0.122. The van der Waals surface area contributed by atoms with Crippen LogP contribution in [0.4, 0.5) is 0 Å². The van der Waals surface area contributed by atoms with Crippen molar-refractivity contribution in [2.45, 2.75) is 45.8 Å². The summed E-state index contributed by atoms with van der Waals surface area (Å²) in [6.45, 7) is 5.37. The number of hydrogen-bond donors (Lipinski definition) is 2. The van der Waals surface area contributed by atoms with Crippen molar-refractivity contribution in [2.24, 2.45) is 0 Å². The molecule has 1 heterocycles.